The van der Waals surface area contributed by atoms with Crippen molar-refractivity contribution in [2.45, 2.75) is 0 Å². The molecule has 0 amide bonds. The third-order valence-electron chi connectivity index (χ3n) is 3.15. The van der Waals surface area contributed by atoms with Crippen LogP contribution in [0.15, 0.2) is 59.0 Å². The molecule has 3 rings (SSSR count). The van der Waals surface area contributed by atoms with Crippen LogP contribution in [0, 0.1) is 5.82 Å². The largest absolute Gasteiger partial charge is 0.497 e. The van der Waals surface area contributed by atoms with Crippen molar-refractivity contribution in [2.24, 2.45) is 5.10 Å². The molecule has 116 valence electrons. The predicted molar refractivity (Wildman–Crippen MR) is 91.7 cm³/mol. The molecule has 0 spiro atoms. The summed E-state index contributed by atoms with van der Waals surface area (Å²) in [6.07, 6.45) is 1.42. The lowest BCUT2D eigenvalue weighted by molar-refractivity contribution is 0.411. The molecular weight excluding hydrogens is 313 g/mol. The highest BCUT2D eigenvalue weighted by Gasteiger charge is 2.04. The Morgan fingerprint density at radius 2 is 2.04 bits per heavy atom. The van der Waals surface area contributed by atoms with E-state index in [1.54, 1.807) is 12.1 Å². The molecule has 0 atom stereocenters. The highest BCUT2D eigenvalue weighted by molar-refractivity contribution is 7.14. The summed E-state index contributed by atoms with van der Waals surface area (Å²) >= 11 is 1.44. The van der Waals surface area contributed by atoms with E-state index >= 15 is 0 Å². The van der Waals surface area contributed by atoms with Crippen LogP contribution in [0.3, 0.4) is 0 Å². The van der Waals surface area contributed by atoms with Crippen LogP contribution in [-0.4, -0.2) is 18.3 Å². The number of rotatable bonds is 5. The van der Waals surface area contributed by atoms with Crippen molar-refractivity contribution in [3.63, 3.8) is 0 Å². The molecule has 4 nitrogen and oxygen atoms in total. The number of benzene rings is 2. The van der Waals surface area contributed by atoms with Gasteiger partial charge in [0.1, 0.15) is 11.6 Å². The van der Waals surface area contributed by atoms with Crippen molar-refractivity contribution in [1.29, 1.82) is 0 Å². The smallest absolute Gasteiger partial charge is 0.203 e. The van der Waals surface area contributed by atoms with E-state index in [0.717, 1.165) is 11.3 Å². The second-order valence-corrected chi connectivity index (χ2v) is 5.52. The van der Waals surface area contributed by atoms with E-state index in [2.05, 4.69) is 15.5 Å². The molecule has 1 aromatic heterocycles. The highest BCUT2D eigenvalue weighted by Crippen LogP contribution is 2.24. The summed E-state index contributed by atoms with van der Waals surface area (Å²) < 4.78 is 18.7. The number of hydrogen-bond donors (Lipinski definition) is 1. The van der Waals surface area contributed by atoms with Crippen molar-refractivity contribution < 1.29 is 9.13 Å². The van der Waals surface area contributed by atoms with E-state index in [1.165, 1.54) is 30.7 Å². The zero-order chi connectivity index (χ0) is 16.1. The van der Waals surface area contributed by atoms with E-state index in [1.807, 2.05) is 35.7 Å². The number of methoxy groups -OCH3 is 1. The molecule has 0 aliphatic carbocycles. The molecule has 0 bridgehead atoms. The van der Waals surface area contributed by atoms with Crippen molar-refractivity contribution in [1.82, 2.24) is 4.98 Å². The van der Waals surface area contributed by atoms with Crippen LogP contribution < -0.4 is 10.2 Å². The van der Waals surface area contributed by atoms with Crippen molar-refractivity contribution in [3.8, 4) is 17.0 Å². The summed E-state index contributed by atoms with van der Waals surface area (Å²) in [5.74, 6) is 0.0825. The lowest BCUT2D eigenvalue weighted by Gasteiger charge is -2.01. The van der Waals surface area contributed by atoms with Crippen molar-refractivity contribution in [3.05, 3.63) is 65.3 Å². The van der Waals surface area contributed by atoms with Crippen LogP contribution in [0.4, 0.5) is 9.52 Å². The number of nitrogens with zero attached hydrogens (tertiary/aromatic N) is 2. The van der Waals surface area contributed by atoms with Crippen LogP contribution in [0.1, 0.15) is 5.56 Å². The van der Waals surface area contributed by atoms with Gasteiger partial charge in [-0.3, -0.25) is 5.43 Å². The molecule has 0 fully saturated rings. The monoisotopic (exact) mass is 327 g/mol. The second kappa shape index (κ2) is 7.02. The minimum atomic E-state index is -0.390. The van der Waals surface area contributed by atoms with Gasteiger partial charge in [-0.2, -0.15) is 5.10 Å². The third-order valence-corrected chi connectivity index (χ3v) is 3.89. The maximum atomic E-state index is 13.8. The van der Waals surface area contributed by atoms with Gasteiger partial charge in [0.15, 0.2) is 0 Å². The fourth-order valence-electron chi connectivity index (χ4n) is 1.96. The molecule has 0 aliphatic heterocycles. The Kier molecular flexibility index (Phi) is 4.63. The van der Waals surface area contributed by atoms with E-state index in [0.29, 0.717) is 16.4 Å². The third kappa shape index (κ3) is 3.73. The van der Waals surface area contributed by atoms with E-state index in [-0.39, 0.29) is 5.82 Å². The summed E-state index contributed by atoms with van der Waals surface area (Å²) in [5, 5.41) is 6.62. The molecule has 23 heavy (non-hydrogen) atoms. The Morgan fingerprint density at radius 1 is 1.22 bits per heavy atom. The van der Waals surface area contributed by atoms with Gasteiger partial charge in [0.25, 0.3) is 0 Å². The van der Waals surface area contributed by atoms with Crippen LogP contribution in [0.25, 0.3) is 11.3 Å². The number of thiazole rings is 1. The van der Waals surface area contributed by atoms with Gasteiger partial charge in [-0.1, -0.05) is 30.3 Å². The quantitative estimate of drug-likeness (QED) is 0.558. The maximum Gasteiger partial charge on any atom is 0.203 e. The van der Waals surface area contributed by atoms with Gasteiger partial charge in [0.05, 0.1) is 19.0 Å². The Labute approximate surface area is 137 Å². The van der Waals surface area contributed by atoms with E-state index < -0.39 is 0 Å². The van der Waals surface area contributed by atoms with E-state index in [4.69, 9.17) is 4.74 Å². The van der Waals surface area contributed by atoms with Crippen molar-refractivity contribution in [2.75, 3.05) is 12.5 Å². The van der Waals surface area contributed by atoms with E-state index in [9.17, 15) is 4.39 Å². The van der Waals surface area contributed by atoms with Crippen LogP contribution >= 0.6 is 11.3 Å². The van der Waals surface area contributed by atoms with Gasteiger partial charge in [0.2, 0.25) is 5.13 Å². The summed E-state index contributed by atoms with van der Waals surface area (Å²) in [6.45, 7) is 0. The minimum Gasteiger partial charge on any atom is -0.497 e. The maximum absolute atomic E-state index is 13.8. The number of aromatic nitrogens is 1. The fourth-order valence-corrected chi connectivity index (χ4v) is 2.63. The van der Waals surface area contributed by atoms with Gasteiger partial charge in [-0.05, 0) is 12.1 Å². The molecule has 0 saturated carbocycles. The molecule has 0 saturated heterocycles. The Bertz CT molecular complexity index is 818. The van der Waals surface area contributed by atoms with Crippen molar-refractivity contribution >= 4 is 22.7 Å². The first kappa shape index (κ1) is 15.2. The van der Waals surface area contributed by atoms with Gasteiger partial charge in [-0.15, -0.1) is 11.3 Å². The lowest BCUT2D eigenvalue weighted by Crippen LogP contribution is -1.94. The first-order valence-corrected chi connectivity index (χ1v) is 7.78. The number of halogens is 1. The van der Waals surface area contributed by atoms with Gasteiger partial charge in [0, 0.05) is 22.6 Å². The summed E-state index contributed by atoms with van der Waals surface area (Å²) in [7, 11) is 1.50. The number of hydrogen-bond acceptors (Lipinski definition) is 5. The summed E-state index contributed by atoms with van der Waals surface area (Å²) in [5.41, 5.74) is 5.11. The molecule has 3 aromatic rings. The zero-order valence-electron chi connectivity index (χ0n) is 12.4. The highest BCUT2D eigenvalue weighted by atomic mass is 32.1. The standard InChI is InChI=1S/C17H14FN3OS/c1-22-14-8-7-13(15(18)9-14)10-19-21-17-20-16(11-23-17)12-5-3-2-4-6-12/h2-11H,1H3,(H,20,21). The number of anilines is 1. The Balaban J connectivity index is 1.68. The Hall–Kier alpha value is -2.73. The average Bonchev–Trinajstić information content (AvgIpc) is 3.06. The second-order valence-electron chi connectivity index (χ2n) is 4.66. The fraction of sp³-hybridized carbons (Fsp3) is 0.0588. The average molecular weight is 327 g/mol. The predicted octanol–water partition coefficient (Wildman–Crippen LogP) is 4.40. The molecule has 2 aromatic carbocycles. The number of ether oxygens (including phenoxy) is 1. The van der Waals surface area contributed by atoms with Crippen LogP contribution in [0.5, 0.6) is 5.75 Å². The minimum absolute atomic E-state index is 0.373. The topological polar surface area (TPSA) is 46.5 Å². The molecular formula is C17H14FN3OS. The SMILES string of the molecule is COc1ccc(C=NNc2nc(-c3ccccc3)cs2)c(F)c1. The zero-order valence-corrected chi connectivity index (χ0v) is 13.2. The first-order valence-electron chi connectivity index (χ1n) is 6.90. The number of hydrazone groups is 1. The molecule has 6 heteroatoms. The van der Waals surface area contributed by atoms with Gasteiger partial charge < -0.3 is 4.74 Å². The summed E-state index contributed by atoms with van der Waals surface area (Å²) in [6, 6.07) is 14.5. The molecule has 1 N–H and O–H groups in total. The first-order chi connectivity index (χ1) is 11.3. The number of nitrogens with one attached hydrogen (secondary N) is 1. The molecule has 0 unspecified atom stereocenters. The molecule has 0 aliphatic rings. The summed E-state index contributed by atoms with van der Waals surface area (Å²) in [4.78, 5) is 4.44. The van der Waals surface area contributed by atoms with Gasteiger partial charge >= 0.3 is 0 Å². The van der Waals surface area contributed by atoms with Crippen LogP contribution in [-0.2, 0) is 0 Å². The Morgan fingerprint density at radius 3 is 2.78 bits per heavy atom. The normalized spacial score (nSPS) is 10.9. The lowest BCUT2D eigenvalue weighted by atomic mass is 10.2. The van der Waals surface area contributed by atoms with Gasteiger partial charge in [-0.25, -0.2) is 9.37 Å². The van der Waals surface area contributed by atoms with Crippen LogP contribution in [0.2, 0.25) is 0 Å². The molecule has 1 heterocycles. The molecule has 0 radical (unpaired) electrons.